The van der Waals surface area contributed by atoms with Gasteiger partial charge in [-0.2, -0.15) is 0 Å². The van der Waals surface area contributed by atoms with E-state index in [4.69, 9.17) is 9.47 Å². The molecule has 4 nitrogen and oxygen atoms in total. The molecule has 0 bridgehead atoms. The van der Waals surface area contributed by atoms with Gasteiger partial charge < -0.3 is 9.47 Å². The van der Waals surface area contributed by atoms with Gasteiger partial charge in [0, 0.05) is 5.41 Å². The third-order valence-electron chi connectivity index (χ3n) is 7.54. The van der Waals surface area contributed by atoms with Crippen LogP contribution in [0.15, 0.2) is 101 Å². The fourth-order valence-corrected chi connectivity index (χ4v) is 6.86. The van der Waals surface area contributed by atoms with Gasteiger partial charge in [-0.15, -0.1) is 0 Å². The summed E-state index contributed by atoms with van der Waals surface area (Å²) in [5, 5.41) is 0. The van der Waals surface area contributed by atoms with Crippen molar-refractivity contribution in [2.45, 2.75) is 54.7 Å². The van der Waals surface area contributed by atoms with Crippen LogP contribution in [0, 0.1) is 6.92 Å². The zero-order chi connectivity index (χ0) is 26.4. The molecule has 5 rings (SSSR count). The van der Waals surface area contributed by atoms with E-state index in [9.17, 15) is 8.42 Å². The first-order valence-electron chi connectivity index (χ1n) is 12.4. The first kappa shape index (κ1) is 25.1. The lowest BCUT2D eigenvalue weighted by Crippen LogP contribution is -2.23. The average molecular weight is 513 g/mol. The fourth-order valence-electron chi connectivity index (χ4n) is 5.60. The molecule has 190 valence electrons. The number of ether oxygens (including phenoxy) is 2. The highest BCUT2D eigenvalue weighted by atomic mass is 32.2. The monoisotopic (exact) mass is 512 g/mol. The van der Waals surface area contributed by atoms with E-state index in [1.54, 1.807) is 55.6 Å². The van der Waals surface area contributed by atoms with Crippen LogP contribution in [0.2, 0.25) is 0 Å². The fraction of sp³-hybridized carbons (Fsp3) is 0.250. The largest absolute Gasteiger partial charge is 0.497 e. The van der Waals surface area contributed by atoms with Gasteiger partial charge in [0.15, 0.2) is 0 Å². The zero-order valence-corrected chi connectivity index (χ0v) is 22.7. The van der Waals surface area contributed by atoms with Gasteiger partial charge in [0.25, 0.3) is 0 Å². The van der Waals surface area contributed by atoms with Crippen molar-refractivity contribution in [3.63, 3.8) is 0 Å². The lowest BCUT2D eigenvalue weighted by Gasteiger charge is -2.28. The van der Waals surface area contributed by atoms with E-state index in [1.807, 2.05) is 25.1 Å². The van der Waals surface area contributed by atoms with Crippen LogP contribution >= 0.6 is 0 Å². The Balaban J connectivity index is 1.36. The van der Waals surface area contributed by atoms with Crippen molar-refractivity contribution in [2.75, 3.05) is 7.11 Å². The number of benzene rings is 4. The maximum absolute atomic E-state index is 12.9. The van der Waals surface area contributed by atoms with Crippen LogP contribution in [-0.2, 0) is 20.7 Å². The van der Waals surface area contributed by atoms with E-state index in [0.717, 1.165) is 17.7 Å². The Morgan fingerprint density at radius 1 is 0.676 bits per heavy atom. The summed E-state index contributed by atoms with van der Waals surface area (Å²) in [4.78, 5) is 0.523. The van der Waals surface area contributed by atoms with Crippen LogP contribution in [0.25, 0.3) is 0 Å². The Morgan fingerprint density at radius 3 is 1.76 bits per heavy atom. The molecular formula is C32H32O4S. The molecule has 4 aromatic rings. The molecular weight excluding hydrogens is 480 g/mol. The van der Waals surface area contributed by atoms with E-state index >= 15 is 0 Å². The van der Waals surface area contributed by atoms with Gasteiger partial charge in [0.2, 0.25) is 9.84 Å². The van der Waals surface area contributed by atoms with Crippen molar-refractivity contribution >= 4 is 9.84 Å². The minimum absolute atomic E-state index is 0.0617. The highest BCUT2D eigenvalue weighted by molar-refractivity contribution is 7.91. The van der Waals surface area contributed by atoms with E-state index in [1.165, 1.54) is 16.7 Å². The first-order valence-corrected chi connectivity index (χ1v) is 13.9. The highest BCUT2D eigenvalue weighted by Crippen LogP contribution is 2.53. The van der Waals surface area contributed by atoms with Crippen molar-refractivity contribution in [2.24, 2.45) is 0 Å². The number of hydrogen-bond donors (Lipinski definition) is 0. The van der Waals surface area contributed by atoms with Crippen molar-refractivity contribution in [1.29, 1.82) is 0 Å². The molecule has 0 heterocycles. The molecule has 1 atom stereocenters. The number of aryl methyl sites for hydroxylation is 1. The normalized spacial score (nSPS) is 18.3. The summed E-state index contributed by atoms with van der Waals surface area (Å²) in [6.45, 7) is 8.82. The minimum atomic E-state index is -3.57. The Labute approximate surface area is 219 Å². The predicted octanol–water partition coefficient (Wildman–Crippen LogP) is 7.62. The lowest BCUT2D eigenvalue weighted by molar-refractivity contribution is 0.411. The standard InChI is InChI=1S/C32H32O4S/c1-22-6-15-27(16-7-22)37(33,34)28-17-12-25(13-18-28)36-24-10-8-23(9-11-24)32(4)21-31(2,3)29-19-14-26(35-5)20-30(29)32/h6-20H,21H2,1-5H3/t32-/m0/s1. The number of sulfone groups is 1. The Kier molecular flexibility index (Phi) is 6.15. The molecule has 4 aromatic carbocycles. The summed E-state index contributed by atoms with van der Waals surface area (Å²) in [5.41, 5.74) is 4.82. The van der Waals surface area contributed by atoms with Gasteiger partial charge in [-0.1, -0.05) is 56.7 Å². The molecule has 0 fully saturated rings. The minimum Gasteiger partial charge on any atom is -0.497 e. The molecule has 5 heteroatoms. The average Bonchev–Trinajstić information content (AvgIpc) is 3.10. The maximum atomic E-state index is 12.9. The lowest BCUT2D eigenvalue weighted by atomic mass is 9.75. The summed E-state index contributed by atoms with van der Waals surface area (Å²) in [6.07, 6.45) is 1.000. The second-order valence-corrected chi connectivity index (χ2v) is 12.7. The third kappa shape index (κ3) is 4.53. The molecule has 0 unspecified atom stereocenters. The third-order valence-corrected chi connectivity index (χ3v) is 9.32. The van der Waals surface area contributed by atoms with Crippen LogP contribution in [-0.4, -0.2) is 15.5 Å². The van der Waals surface area contributed by atoms with E-state index < -0.39 is 9.84 Å². The van der Waals surface area contributed by atoms with Gasteiger partial charge in [0.1, 0.15) is 17.2 Å². The van der Waals surface area contributed by atoms with E-state index in [0.29, 0.717) is 11.5 Å². The first-order chi connectivity index (χ1) is 17.5. The molecule has 0 radical (unpaired) electrons. The Hall–Kier alpha value is -3.57. The molecule has 37 heavy (non-hydrogen) atoms. The molecule has 0 aromatic heterocycles. The quantitative estimate of drug-likeness (QED) is 0.267. The van der Waals surface area contributed by atoms with Crippen molar-refractivity contribution in [1.82, 2.24) is 0 Å². The van der Waals surface area contributed by atoms with Crippen LogP contribution in [0.3, 0.4) is 0 Å². The Bertz CT molecular complexity index is 1530. The second kappa shape index (κ2) is 9.07. The van der Waals surface area contributed by atoms with Gasteiger partial charge in [0.05, 0.1) is 16.9 Å². The molecule has 1 aliphatic carbocycles. The predicted molar refractivity (Wildman–Crippen MR) is 147 cm³/mol. The molecule has 0 aliphatic heterocycles. The SMILES string of the molecule is COc1ccc2c(c1)[C@](C)(c1ccc(Oc3ccc(S(=O)(=O)c4ccc(C)cc4)cc3)cc1)CC2(C)C. The number of fused-ring (bicyclic) bond motifs is 1. The van der Waals surface area contributed by atoms with E-state index in [-0.39, 0.29) is 20.6 Å². The zero-order valence-electron chi connectivity index (χ0n) is 21.9. The maximum Gasteiger partial charge on any atom is 0.206 e. The molecule has 1 aliphatic rings. The van der Waals surface area contributed by atoms with Gasteiger partial charge in [-0.25, -0.2) is 8.42 Å². The topological polar surface area (TPSA) is 52.6 Å². The van der Waals surface area contributed by atoms with Crippen LogP contribution in [0.5, 0.6) is 17.2 Å². The number of hydrogen-bond acceptors (Lipinski definition) is 4. The summed E-state index contributed by atoms with van der Waals surface area (Å²) in [5.74, 6) is 2.15. The summed E-state index contributed by atoms with van der Waals surface area (Å²) >= 11 is 0. The van der Waals surface area contributed by atoms with Gasteiger partial charge >= 0.3 is 0 Å². The van der Waals surface area contributed by atoms with Crippen molar-refractivity contribution < 1.29 is 17.9 Å². The van der Waals surface area contributed by atoms with E-state index in [2.05, 4.69) is 45.0 Å². The molecule has 0 N–H and O–H groups in total. The van der Waals surface area contributed by atoms with Crippen LogP contribution in [0.1, 0.15) is 49.4 Å². The summed E-state index contributed by atoms with van der Waals surface area (Å²) in [7, 11) is -1.87. The van der Waals surface area contributed by atoms with Crippen LogP contribution < -0.4 is 9.47 Å². The van der Waals surface area contributed by atoms with Crippen LogP contribution in [0.4, 0.5) is 0 Å². The highest BCUT2D eigenvalue weighted by Gasteiger charge is 2.45. The van der Waals surface area contributed by atoms with Gasteiger partial charge in [-0.05, 0) is 96.1 Å². The summed E-state index contributed by atoms with van der Waals surface area (Å²) < 4.78 is 37.4. The molecule has 0 spiro atoms. The van der Waals surface area contributed by atoms with Gasteiger partial charge in [-0.3, -0.25) is 0 Å². The molecule has 0 amide bonds. The Morgan fingerprint density at radius 2 is 1.19 bits per heavy atom. The van der Waals surface area contributed by atoms with Crippen molar-refractivity contribution in [3.05, 3.63) is 113 Å². The molecule has 0 saturated heterocycles. The van der Waals surface area contributed by atoms with Crippen molar-refractivity contribution in [3.8, 4) is 17.2 Å². The molecule has 0 saturated carbocycles. The second-order valence-electron chi connectivity index (χ2n) is 10.7. The smallest absolute Gasteiger partial charge is 0.206 e. The summed E-state index contributed by atoms with van der Waals surface area (Å²) in [6, 6.07) is 28.0. The number of methoxy groups -OCH3 is 1. The number of rotatable bonds is 6.